The molecule has 1 amide bonds. The maximum absolute atomic E-state index is 14.9. The zero-order valence-electron chi connectivity index (χ0n) is 21.4. The zero-order valence-corrected chi connectivity index (χ0v) is 24.5. The van der Waals surface area contributed by atoms with Crippen molar-refractivity contribution in [3.63, 3.8) is 0 Å². The third kappa shape index (κ3) is 7.87. The van der Waals surface area contributed by atoms with Gasteiger partial charge in [0.1, 0.15) is 23.7 Å². The zero-order chi connectivity index (χ0) is 26.7. The summed E-state index contributed by atoms with van der Waals surface area (Å²) in [4.78, 5) is 16.3. The summed E-state index contributed by atoms with van der Waals surface area (Å²) < 4.78 is 49.1. The molecule has 1 aromatic carbocycles. The molecule has 0 aliphatic carbocycles. The van der Waals surface area contributed by atoms with Crippen molar-refractivity contribution in [1.29, 1.82) is 0 Å². The maximum atomic E-state index is 14.9. The van der Waals surface area contributed by atoms with Gasteiger partial charge in [-0.25, -0.2) is 18.6 Å². The normalized spacial score (nSPS) is 12.1. The fourth-order valence-electron chi connectivity index (χ4n) is 3.27. The monoisotopic (exact) mass is 631 g/mol. The van der Waals surface area contributed by atoms with E-state index < -0.39 is 37.2 Å². The molecule has 3 aromatic rings. The molecule has 0 spiro atoms. The lowest BCUT2D eigenvalue weighted by Gasteiger charge is -2.19. The molecule has 196 valence electrons. The summed E-state index contributed by atoms with van der Waals surface area (Å²) in [6.07, 6.45) is 2.73. The number of nitrogens with zero attached hydrogens (tertiary/aromatic N) is 2. The van der Waals surface area contributed by atoms with Crippen molar-refractivity contribution in [3.05, 3.63) is 51.4 Å². The Bertz CT molecular complexity index is 1220. The van der Waals surface area contributed by atoms with Gasteiger partial charge in [-0.05, 0) is 73.2 Å². The van der Waals surface area contributed by atoms with Gasteiger partial charge in [-0.15, -0.1) is 0 Å². The number of nitrogens with one attached hydrogen (secondary N) is 1. The molecule has 36 heavy (non-hydrogen) atoms. The number of aromatic nitrogens is 2. The maximum Gasteiger partial charge on any atom is 0.407 e. The van der Waals surface area contributed by atoms with Crippen molar-refractivity contribution in [2.45, 2.75) is 65.3 Å². The Morgan fingerprint density at radius 1 is 1.19 bits per heavy atom. The number of hydrogen-bond acceptors (Lipinski definition) is 5. The predicted molar refractivity (Wildman–Crippen MR) is 146 cm³/mol. The summed E-state index contributed by atoms with van der Waals surface area (Å²) in [5.74, 6) is -2.02. The molecule has 0 bridgehead atoms. The number of fused-ring (bicyclic) bond motifs is 1. The van der Waals surface area contributed by atoms with Gasteiger partial charge in [0.25, 0.3) is 0 Å². The van der Waals surface area contributed by atoms with Crippen LogP contribution in [-0.4, -0.2) is 35.9 Å². The van der Waals surface area contributed by atoms with Crippen LogP contribution in [0.5, 0.6) is 11.5 Å². The van der Waals surface area contributed by atoms with Crippen LogP contribution in [-0.2, 0) is 22.7 Å². The number of rotatable bonds is 9. The first-order valence-corrected chi connectivity index (χ1v) is 16.4. The fraction of sp³-hybridized carbons (Fsp3) is 0.440. The van der Waals surface area contributed by atoms with Gasteiger partial charge in [0, 0.05) is 37.2 Å². The summed E-state index contributed by atoms with van der Waals surface area (Å²) >= 11 is 2.14. The minimum atomic E-state index is -1.20. The molecule has 0 aliphatic heterocycles. The van der Waals surface area contributed by atoms with Gasteiger partial charge in [0.05, 0.1) is 5.39 Å². The van der Waals surface area contributed by atoms with Gasteiger partial charge < -0.3 is 24.1 Å². The first-order valence-electron chi connectivity index (χ1n) is 11.6. The number of pyridine rings is 1. The Labute approximate surface area is 224 Å². The standard InChI is InChI=1S/C25H32F2IN3O4Si/c1-25(2,3)35-24(32)30-13-16-11-17(26)22(18(27)12-16)34-20-7-8-29-23-21(20)19(28)14-31(23)15-33-9-10-36(4,5)6/h7-8,11-12,14H,9-10,13,15H2,1-6H3,(H,30,32). The smallest absolute Gasteiger partial charge is 0.407 e. The van der Waals surface area contributed by atoms with Crippen LogP contribution in [0.1, 0.15) is 26.3 Å². The highest BCUT2D eigenvalue weighted by Gasteiger charge is 2.20. The number of alkyl carbamates (subject to hydrolysis) is 1. The van der Waals surface area contributed by atoms with Crippen molar-refractivity contribution in [2.24, 2.45) is 0 Å². The van der Waals surface area contributed by atoms with Crippen molar-refractivity contribution >= 4 is 47.8 Å². The molecule has 7 nitrogen and oxygen atoms in total. The van der Waals surface area contributed by atoms with Crippen LogP contribution in [0.3, 0.4) is 0 Å². The Hall–Kier alpha value is -2.25. The summed E-state index contributed by atoms with van der Waals surface area (Å²) in [5, 5.41) is 3.13. The lowest BCUT2D eigenvalue weighted by Crippen LogP contribution is -2.32. The van der Waals surface area contributed by atoms with Crippen LogP contribution in [0.4, 0.5) is 13.6 Å². The molecule has 2 heterocycles. The third-order valence-electron chi connectivity index (χ3n) is 5.01. The summed E-state index contributed by atoms with van der Waals surface area (Å²) in [5.41, 5.74) is 0.160. The van der Waals surface area contributed by atoms with E-state index in [-0.39, 0.29) is 17.9 Å². The van der Waals surface area contributed by atoms with E-state index in [9.17, 15) is 13.6 Å². The second kappa shape index (κ2) is 11.4. The number of halogens is 3. The Balaban J connectivity index is 1.76. The van der Waals surface area contributed by atoms with E-state index in [0.29, 0.717) is 24.4 Å². The van der Waals surface area contributed by atoms with Gasteiger partial charge in [0.2, 0.25) is 0 Å². The Morgan fingerprint density at radius 3 is 2.47 bits per heavy atom. The van der Waals surface area contributed by atoms with Crippen molar-refractivity contribution in [3.8, 4) is 11.5 Å². The van der Waals surface area contributed by atoms with E-state index in [0.717, 1.165) is 21.7 Å². The summed E-state index contributed by atoms with van der Waals surface area (Å²) in [6, 6.07) is 4.86. The SMILES string of the molecule is CC(C)(C)OC(=O)NCc1cc(F)c(Oc2ccnc3c2c(I)cn3COCC[Si](C)(C)C)c(F)c1. The summed E-state index contributed by atoms with van der Waals surface area (Å²) in [6.45, 7) is 12.9. The first-order chi connectivity index (χ1) is 16.7. The highest BCUT2D eigenvalue weighted by Crippen LogP contribution is 2.36. The molecule has 2 aromatic heterocycles. The molecule has 11 heteroatoms. The highest BCUT2D eigenvalue weighted by molar-refractivity contribution is 14.1. The predicted octanol–water partition coefficient (Wildman–Crippen LogP) is 7.05. The molecule has 0 saturated heterocycles. The number of benzene rings is 1. The van der Waals surface area contributed by atoms with Crippen LogP contribution in [0.2, 0.25) is 25.7 Å². The average molecular weight is 632 g/mol. The lowest BCUT2D eigenvalue weighted by molar-refractivity contribution is 0.0523. The topological polar surface area (TPSA) is 74.6 Å². The molecule has 0 atom stereocenters. The van der Waals surface area contributed by atoms with Gasteiger partial charge in [-0.1, -0.05) is 19.6 Å². The van der Waals surface area contributed by atoms with E-state index in [2.05, 4.69) is 52.5 Å². The molecule has 0 unspecified atom stereocenters. The van der Waals surface area contributed by atoms with E-state index in [1.54, 1.807) is 26.8 Å². The first kappa shape index (κ1) is 28.3. The molecule has 0 aliphatic rings. The molecule has 0 fully saturated rings. The van der Waals surface area contributed by atoms with Crippen molar-refractivity contribution in [1.82, 2.24) is 14.9 Å². The third-order valence-corrected chi connectivity index (χ3v) is 7.53. The minimum Gasteiger partial charge on any atom is -0.450 e. The number of amides is 1. The van der Waals surface area contributed by atoms with Crippen LogP contribution >= 0.6 is 22.6 Å². The minimum absolute atomic E-state index is 0.0962. The lowest BCUT2D eigenvalue weighted by atomic mass is 10.2. The van der Waals surface area contributed by atoms with Crippen molar-refractivity contribution in [2.75, 3.05) is 6.61 Å². The molecule has 0 saturated carbocycles. The molecule has 0 radical (unpaired) electrons. The van der Waals surface area contributed by atoms with E-state index in [1.807, 2.05) is 10.8 Å². The van der Waals surface area contributed by atoms with Crippen LogP contribution in [0.15, 0.2) is 30.6 Å². The largest absolute Gasteiger partial charge is 0.450 e. The fourth-order valence-corrected chi connectivity index (χ4v) is 4.87. The Morgan fingerprint density at radius 2 is 1.86 bits per heavy atom. The molecular formula is C25H32F2IN3O4Si. The van der Waals surface area contributed by atoms with Gasteiger partial charge >= 0.3 is 6.09 Å². The summed E-state index contributed by atoms with van der Waals surface area (Å²) in [7, 11) is -1.20. The highest BCUT2D eigenvalue weighted by atomic mass is 127. The number of hydrogen-bond donors (Lipinski definition) is 1. The van der Waals surface area contributed by atoms with Gasteiger partial charge in [-0.3, -0.25) is 0 Å². The van der Waals surface area contributed by atoms with Crippen LogP contribution in [0.25, 0.3) is 11.0 Å². The van der Waals surface area contributed by atoms with E-state index in [1.165, 1.54) is 6.20 Å². The van der Waals surface area contributed by atoms with E-state index in [4.69, 9.17) is 14.2 Å². The van der Waals surface area contributed by atoms with Crippen molar-refractivity contribution < 1.29 is 27.8 Å². The van der Waals surface area contributed by atoms with E-state index >= 15 is 0 Å². The second-order valence-electron chi connectivity index (χ2n) is 10.6. The Kier molecular flexibility index (Phi) is 8.99. The van der Waals surface area contributed by atoms with Crippen LogP contribution in [0, 0.1) is 15.2 Å². The van der Waals surface area contributed by atoms with Gasteiger partial charge in [-0.2, -0.15) is 0 Å². The number of ether oxygens (including phenoxy) is 3. The number of carbonyl (C=O) groups excluding carboxylic acids is 1. The molecular weight excluding hydrogens is 599 g/mol. The second-order valence-corrected chi connectivity index (χ2v) is 17.4. The van der Waals surface area contributed by atoms with Gasteiger partial charge in [0.15, 0.2) is 17.4 Å². The molecule has 3 rings (SSSR count). The number of carbonyl (C=O) groups is 1. The quantitative estimate of drug-likeness (QED) is 0.156. The molecule has 1 N–H and O–H groups in total. The average Bonchev–Trinajstić information content (AvgIpc) is 3.07. The van der Waals surface area contributed by atoms with Crippen LogP contribution < -0.4 is 10.1 Å².